The van der Waals surface area contributed by atoms with E-state index in [9.17, 15) is 4.39 Å². The molecule has 0 bridgehead atoms. The number of benzene rings is 1. The topological polar surface area (TPSA) is 27.6 Å². The third-order valence-electron chi connectivity index (χ3n) is 3.65. The predicted octanol–water partition coefficient (Wildman–Crippen LogP) is 3.64. The molecule has 1 aromatic rings. The van der Waals surface area contributed by atoms with Crippen LogP contribution < -0.4 is 5.32 Å². The van der Waals surface area contributed by atoms with Gasteiger partial charge in [0.25, 0.3) is 0 Å². The highest BCUT2D eigenvalue weighted by Gasteiger charge is 2.20. The summed E-state index contributed by atoms with van der Waals surface area (Å²) in [5.74, 6) is 1.65. The largest absolute Gasteiger partial charge is 0.356 e. The Morgan fingerprint density at radius 2 is 2.19 bits per heavy atom. The number of hydrogen-bond donors (Lipinski definition) is 1. The van der Waals surface area contributed by atoms with Crippen molar-refractivity contribution < 1.29 is 4.39 Å². The number of hydrogen-bond acceptors (Lipinski definition) is 1. The fourth-order valence-electron chi connectivity index (χ4n) is 2.37. The third kappa shape index (κ3) is 6.63. The van der Waals surface area contributed by atoms with Crippen LogP contribution in [-0.4, -0.2) is 31.5 Å². The Morgan fingerprint density at radius 1 is 1.43 bits per heavy atom. The lowest BCUT2D eigenvalue weighted by molar-refractivity contribution is 0.472. The standard InChI is InChI=1S/C16H24FN3.HI/c1-18-16(19-10-4-6-13-8-9-13)20(2)12-14-5-3-7-15(17)11-14;/h3,5,7,11,13H,4,6,8-10,12H2,1-2H3,(H,18,19);1H. The zero-order valence-electron chi connectivity index (χ0n) is 12.8. The molecule has 0 aromatic heterocycles. The van der Waals surface area contributed by atoms with Gasteiger partial charge in [0.2, 0.25) is 0 Å². The highest BCUT2D eigenvalue weighted by molar-refractivity contribution is 14.0. The van der Waals surface area contributed by atoms with E-state index in [4.69, 9.17) is 0 Å². The van der Waals surface area contributed by atoms with Gasteiger partial charge in [-0.05, 0) is 36.5 Å². The molecule has 5 heteroatoms. The molecular weight excluding hydrogens is 380 g/mol. The van der Waals surface area contributed by atoms with E-state index in [0.29, 0.717) is 6.54 Å². The molecule has 1 aliphatic carbocycles. The maximum absolute atomic E-state index is 13.2. The molecule has 0 aliphatic heterocycles. The van der Waals surface area contributed by atoms with Crippen LogP contribution in [0.5, 0.6) is 0 Å². The molecule has 1 aromatic carbocycles. The van der Waals surface area contributed by atoms with Crippen LogP contribution in [0.2, 0.25) is 0 Å². The Kier molecular flexibility index (Phi) is 8.00. The predicted molar refractivity (Wildman–Crippen MR) is 96.6 cm³/mol. The number of guanidine groups is 1. The van der Waals surface area contributed by atoms with Gasteiger partial charge in [-0.3, -0.25) is 4.99 Å². The summed E-state index contributed by atoms with van der Waals surface area (Å²) in [6.07, 6.45) is 5.33. The van der Waals surface area contributed by atoms with E-state index in [-0.39, 0.29) is 29.8 Å². The second-order valence-electron chi connectivity index (χ2n) is 5.55. The molecule has 21 heavy (non-hydrogen) atoms. The highest BCUT2D eigenvalue weighted by atomic mass is 127. The van der Waals surface area contributed by atoms with Gasteiger partial charge in [0.1, 0.15) is 5.82 Å². The van der Waals surface area contributed by atoms with Crippen molar-refractivity contribution in [2.45, 2.75) is 32.2 Å². The molecule has 1 fully saturated rings. The van der Waals surface area contributed by atoms with Gasteiger partial charge >= 0.3 is 0 Å². The van der Waals surface area contributed by atoms with Gasteiger partial charge < -0.3 is 10.2 Å². The Morgan fingerprint density at radius 3 is 2.81 bits per heavy atom. The van der Waals surface area contributed by atoms with Crippen molar-refractivity contribution >= 4 is 29.9 Å². The molecule has 0 radical (unpaired) electrons. The molecule has 0 spiro atoms. The van der Waals surface area contributed by atoms with Crippen LogP contribution in [0.4, 0.5) is 4.39 Å². The van der Waals surface area contributed by atoms with E-state index >= 15 is 0 Å². The molecule has 1 saturated carbocycles. The number of rotatable bonds is 6. The average Bonchev–Trinajstić information content (AvgIpc) is 3.23. The maximum atomic E-state index is 13.2. The molecule has 0 saturated heterocycles. The van der Waals surface area contributed by atoms with Crippen LogP contribution in [0.1, 0.15) is 31.2 Å². The van der Waals surface area contributed by atoms with Gasteiger partial charge in [0.15, 0.2) is 5.96 Å². The van der Waals surface area contributed by atoms with Crippen LogP contribution in [0.25, 0.3) is 0 Å². The summed E-state index contributed by atoms with van der Waals surface area (Å²) in [7, 11) is 3.76. The van der Waals surface area contributed by atoms with E-state index in [0.717, 1.165) is 24.0 Å². The van der Waals surface area contributed by atoms with Crippen molar-refractivity contribution in [1.82, 2.24) is 10.2 Å². The van der Waals surface area contributed by atoms with Crippen molar-refractivity contribution in [3.05, 3.63) is 35.6 Å². The lowest BCUT2D eigenvalue weighted by Gasteiger charge is -2.22. The summed E-state index contributed by atoms with van der Waals surface area (Å²) in [4.78, 5) is 6.30. The zero-order chi connectivity index (χ0) is 14.4. The SMILES string of the molecule is CN=C(NCCCC1CC1)N(C)Cc1cccc(F)c1.I. The average molecular weight is 405 g/mol. The number of halogens is 2. The summed E-state index contributed by atoms with van der Waals surface area (Å²) in [5.41, 5.74) is 0.952. The smallest absolute Gasteiger partial charge is 0.193 e. The van der Waals surface area contributed by atoms with Gasteiger partial charge in [-0.1, -0.05) is 25.0 Å². The number of aliphatic imine (C=N–C) groups is 1. The number of nitrogens with one attached hydrogen (secondary N) is 1. The monoisotopic (exact) mass is 405 g/mol. The Bertz CT molecular complexity index is 461. The van der Waals surface area contributed by atoms with Gasteiger partial charge in [-0.2, -0.15) is 0 Å². The van der Waals surface area contributed by atoms with Crippen LogP contribution in [-0.2, 0) is 6.54 Å². The maximum Gasteiger partial charge on any atom is 0.193 e. The first-order valence-corrected chi connectivity index (χ1v) is 7.35. The van der Waals surface area contributed by atoms with Crippen molar-refractivity contribution in [2.75, 3.05) is 20.6 Å². The van der Waals surface area contributed by atoms with Crippen LogP contribution >= 0.6 is 24.0 Å². The molecule has 1 N–H and O–H groups in total. The molecule has 0 atom stereocenters. The minimum atomic E-state index is -0.191. The quantitative estimate of drug-likeness (QED) is 0.339. The fourth-order valence-corrected chi connectivity index (χ4v) is 2.37. The number of nitrogens with zero attached hydrogens (tertiary/aromatic N) is 2. The van der Waals surface area contributed by atoms with Gasteiger partial charge in [0.05, 0.1) is 0 Å². The molecule has 0 amide bonds. The first kappa shape index (κ1) is 18.2. The van der Waals surface area contributed by atoms with Crippen molar-refractivity contribution in [2.24, 2.45) is 10.9 Å². The lowest BCUT2D eigenvalue weighted by Crippen LogP contribution is -2.38. The molecular formula is C16H25FIN3. The summed E-state index contributed by atoms with van der Waals surface area (Å²) in [6, 6.07) is 6.70. The summed E-state index contributed by atoms with van der Waals surface area (Å²) in [5, 5.41) is 3.37. The molecule has 2 rings (SSSR count). The second-order valence-corrected chi connectivity index (χ2v) is 5.55. The minimum absolute atomic E-state index is 0. The van der Waals surface area contributed by atoms with Crippen molar-refractivity contribution in [3.63, 3.8) is 0 Å². The molecule has 0 unspecified atom stereocenters. The van der Waals surface area contributed by atoms with Gasteiger partial charge in [-0.15, -0.1) is 24.0 Å². The molecule has 3 nitrogen and oxygen atoms in total. The van der Waals surface area contributed by atoms with Crippen LogP contribution in [0.15, 0.2) is 29.3 Å². The third-order valence-corrected chi connectivity index (χ3v) is 3.65. The van der Waals surface area contributed by atoms with E-state index in [1.165, 1.54) is 31.7 Å². The fraction of sp³-hybridized carbons (Fsp3) is 0.562. The van der Waals surface area contributed by atoms with E-state index in [2.05, 4.69) is 10.3 Å². The van der Waals surface area contributed by atoms with Gasteiger partial charge in [-0.25, -0.2) is 4.39 Å². The zero-order valence-corrected chi connectivity index (χ0v) is 15.1. The van der Waals surface area contributed by atoms with E-state index in [1.807, 2.05) is 18.0 Å². The Balaban J connectivity index is 0.00000220. The Labute approximate surface area is 144 Å². The minimum Gasteiger partial charge on any atom is -0.356 e. The molecule has 118 valence electrons. The van der Waals surface area contributed by atoms with Crippen LogP contribution in [0.3, 0.4) is 0 Å². The van der Waals surface area contributed by atoms with E-state index < -0.39 is 0 Å². The lowest BCUT2D eigenvalue weighted by atomic mass is 10.2. The second kappa shape index (κ2) is 9.23. The summed E-state index contributed by atoms with van der Waals surface area (Å²) < 4.78 is 13.2. The summed E-state index contributed by atoms with van der Waals surface area (Å²) >= 11 is 0. The van der Waals surface area contributed by atoms with Crippen molar-refractivity contribution in [3.8, 4) is 0 Å². The van der Waals surface area contributed by atoms with Crippen molar-refractivity contribution in [1.29, 1.82) is 0 Å². The molecule has 0 heterocycles. The normalized spacial score (nSPS) is 14.5. The highest BCUT2D eigenvalue weighted by Crippen LogP contribution is 2.33. The Hall–Kier alpha value is -0.850. The first-order chi connectivity index (χ1) is 9.69. The van der Waals surface area contributed by atoms with Crippen LogP contribution in [0, 0.1) is 11.7 Å². The van der Waals surface area contributed by atoms with Gasteiger partial charge in [0, 0.05) is 27.2 Å². The first-order valence-electron chi connectivity index (χ1n) is 7.35. The van der Waals surface area contributed by atoms with E-state index in [1.54, 1.807) is 19.2 Å². The molecule has 1 aliphatic rings. The summed E-state index contributed by atoms with van der Waals surface area (Å²) in [6.45, 7) is 1.61.